The highest BCUT2D eigenvalue weighted by molar-refractivity contribution is 9.09. The third kappa shape index (κ3) is 2.21. The minimum absolute atomic E-state index is 0.0893. The average Bonchev–Trinajstić information content (AvgIpc) is 2.31. The minimum Gasteiger partial charge on any atom is -0.311 e. The third-order valence-corrected chi connectivity index (χ3v) is 2.81. The predicted molar refractivity (Wildman–Crippen MR) is 52.7 cm³/mol. The minimum atomic E-state index is -0.275. The van der Waals surface area contributed by atoms with E-state index in [0.717, 1.165) is 0 Å². The number of carbonyl (C=O) groups excluding carboxylic acids is 2. The van der Waals surface area contributed by atoms with Crippen molar-refractivity contribution in [1.82, 2.24) is 10.2 Å². The number of halogens is 1. The molecule has 0 aromatic carbocycles. The van der Waals surface area contributed by atoms with Crippen molar-refractivity contribution in [3.05, 3.63) is 0 Å². The van der Waals surface area contributed by atoms with Crippen LogP contribution in [-0.2, 0) is 4.79 Å². The van der Waals surface area contributed by atoms with Crippen LogP contribution in [0.4, 0.5) is 4.79 Å². The lowest BCUT2D eigenvalue weighted by Gasteiger charge is -2.27. The first kappa shape index (κ1) is 10.5. The smallest absolute Gasteiger partial charge is 0.311 e. The maximum absolute atomic E-state index is 11.3. The molecule has 4 nitrogen and oxygen atoms in total. The third-order valence-electron chi connectivity index (χ3n) is 2.15. The number of carbonyl (C=O) groups is 2. The van der Waals surface area contributed by atoms with Crippen LogP contribution in [0.5, 0.6) is 0 Å². The van der Waals surface area contributed by atoms with Crippen molar-refractivity contribution >= 4 is 27.9 Å². The van der Waals surface area contributed by atoms with Crippen molar-refractivity contribution in [2.24, 2.45) is 5.92 Å². The Bertz CT molecular complexity index is 230. The number of hydrogen-bond acceptors (Lipinski definition) is 2. The van der Waals surface area contributed by atoms with Crippen molar-refractivity contribution in [2.75, 3.05) is 11.9 Å². The molecule has 1 fully saturated rings. The van der Waals surface area contributed by atoms with Gasteiger partial charge in [0.25, 0.3) is 0 Å². The van der Waals surface area contributed by atoms with E-state index in [-0.39, 0.29) is 24.5 Å². The van der Waals surface area contributed by atoms with Crippen LogP contribution in [0.15, 0.2) is 0 Å². The zero-order chi connectivity index (χ0) is 10.0. The Balaban J connectivity index is 2.69. The molecule has 1 saturated heterocycles. The highest BCUT2D eigenvalue weighted by atomic mass is 79.9. The van der Waals surface area contributed by atoms with Crippen LogP contribution < -0.4 is 5.32 Å². The molecule has 0 aromatic heterocycles. The van der Waals surface area contributed by atoms with Crippen LogP contribution >= 0.6 is 15.9 Å². The molecule has 1 aliphatic rings. The van der Waals surface area contributed by atoms with Gasteiger partial charge in [-0.1, -0.05) is 29.8 Å². The van der Waals surface area contributed by atoms with Crippen LogP contribution in [0, 0.1) is 5.92 Å². The van der Waals surface area contributed by atoms with Gasteiger partial charge in [0.2, 0.25) is 5.91 Å². The highest BCUT2D eigenvalue weighted by Gasteiger charge is 2.33. The number of urea groups is 1. The van der Waals surface area contributed by atoms with E-state index in [9.17, 15) is 9.59 Å². The van der Waals surface area contributed by atoms with Gasteiger partial charge in [0.15, 0.2) is 0 Å². The quantitative estimate of drug-likeness (QED) is 0.598. The van der Waals surface area contributed by atoms with Crippen LogP contribution in [0.2, 0.25) is 0 Å². The fourth-order valence-electron chi connectivity index (χ4n) is 1.35. The van der Waals surface area contributed by atoms with Gasteiger partial charge in [-0.2, -0.15) is 0 Å². The number of rotatable bonds is 3. The lowest BCUT2D eigenvalue weighted by atomic mass is 10.1. The van der Waals surface area contributed by atoms with Gasteiger partial charge in [0.05, 0.1) is 0 Å². The summed E-state index contributed by atoms with van der Waals surface area (Å²) in [6.45, 7) is 4.25. The van der Waals surface area contributed by atoms with Crippen LogP contribution in [0.25, 0.3) is 0 Å². The van der Waals surface area contributed by atoms with Crippen molar-refractivity contribution in [3.8, 4) is 0 Å². The first-order valence-electron chi connectivity index (χ1n) is 4.22. The first-order valence-corrected chi connectivity index (χ1v) is 5.34. The molecule has 1 N–H and O–H groups in total. The Labute approximate surface area is 85.8 Å². The molecule has 0 spiro atoms. The Morgan fingerprint density at radius 2 is 2.15 bits per heavy atom. The average molecular weight is 249 g/mol. The summed E-state index contributed by atoms with van der Waals surface area (Å²) in [5, 5.41) is 2.96. The molecule has 1 atom stereocenters. The standard InChI is InChI=1S/C8H13BrN2O2/c1-5(2)6(3-9)11-4-7(12)10-8(11)13/h5-6H,3-4H2,1-2H3,(H,10,12,13). The van der Waals surface area contributed by atoms with E-state index in [1.165, 1.54) is 0 Å². The van der Waals surface area contributed by atoms with Gasteiger partial charge in [-0.05, 0) is 5.92 Å². The van der Waals surface area contributed by atoms with E-state index in [4.69, 9.17) is 0 Å². The summed E-state index contributed by atoms with van der Waals surface area (Å²) in [6.07, 6.45) is 0. The van der Waals surface area contributed by atoms with Gasteiger partial charge in [-0.15, -0.1) is 0 Å². The van der Waals surface area contributed by atoms with E-state index in [1.807, 2.05) is 13.8 Å². The van der Waals surface area contributed by atoms with Gasteiger partial charge in [-0.25, -0.2) is 4.79 Å². The number of amides is 3. The van der Waals surface area contributed by atoms with Crippen molar-refractivity contribution in [3.63, 3.8) is 0 Å². The molecule has 0 saturated carbocycles. The SMILES string of the molecule is CC(C)C(CBr)N1CC(=O)NC1=O. The van der Waals surface area contributed by atoms with Crippen LogP contribution in [0.1, 0.15) is 13.8 Å². The Kier molecular flexibility index (Phi) is 3.30. The van der Waals surface area contributed by atoms with E-state index in [0.29, 0.717) is 11.2 Å². The number of hydrogen-bond donors (Lipinski definition) is 1. The van der Waals surface area contributed by atoms with Gasteiger partial charge in [-0.3, -0.25) is 10.1 Å². The summed E-state index contributed by atoms with van der Waals surface area (Å²) in [7, 11) is 0. The largest absolute Gasteiger partial charge is 0.324 e. The second-order valence-electron chi connectivity index (χ2n) is 3.45. The molecule has 13 heavy (non-hydrogen) atoms. The number of nitrogens with one attached hydrogen (secondary N) is 1. The van der Waals surface area contributed by atoms with Gasteiger partial charge in [0, 0.05) is 11.4 Å². The zero-order valence-corrected chi connectivity index (χ0v) is 9.30. The molecule has 1 rings (SSSR count). The number of imide groups is 1. The van der Waals surface area contributed by atoms with Gasteiger partial charge >= 0.3 is 6.03 Å². The fraction of sp³-hybridized carbons (Fsp3) is 0.750. The summed E-state index contributed by atoms with van der Waals surface area (Å²) in [4.78, 5) is 23.8. The molecular formula is C8H13BrN2O2. The molecule has 0 radical (unpaired) electrons. The molecule has 1 heterocycles. The normalized spacial score (nSPS) is 19.5. The van der Waals surface area contributed by atoms with E-state index < -0.39 is 0 Å². The lowest BCUT2D eigenvalue weighted by Crippen LogP contribution is -2.42. The highest BCUT2D eigenvalue weighted by Crippen LogP contribution is 2.15. The molecular weight excluding hydrogens is 236 g/mol. The summed E-state index contributed by atoms with van der Waals surface area (Å²) in [5.74, 6) is 0.132. The van der Waals surface area contributed by atoms with Gasteiger partial charge < -0.3 is 4.90 Å². The Hall–Kier alpha value is -0.580. The maximum atomic E-state index is 11.3. The Morgan fingerprint density at radius 3 is 2.46 bits per heavy atom. The summed E-state index contributed by atoms with van der Waals surface area (Å²) in [6, 6.07) is -0.186. The van der Waals surface area contributed by atoms with E-state index in [1.54, 1.807) is 4.90 Å². The molecule has 0 aromatic rings. The molecule has 1 unspecified atom stereocenters. The summed E-state index contributed by atoms with van der Waals surface area (Å²) >= 11 is 3.34. The molecule has 3 amide bonds. The summed E-state index contributed by atoms with van der Waals surface area (Å²) in [5.41, 5.74) is 0. The predicted octanol–water partition coefficient (Wildman–Crippen LogP) is 0.958. The first-order chi connectivity index (χ1) is 6.06. The molecule has 1 aliphatic heterocycles. The molecule has 0 aliphatic carbocycles. The second kappa shape index (κ2) is 4.09. The van der Waals surface area contributed by atoms with Crippen molar-refractivity contribution < 1.29 is 9.59 Å². The van der Waals surface area contributed by atoms with Crippen LogP contribution in [-0.4, -0.2) is 34.8 Å². The lowest BCUT2D eigenvalue weighted by molar-refractivity contribution is -0.118. The Morgan fingerprint density at radius 1 is 1.54 bits per heavy atom. The summed E-state index contributed by atoms with van der Waals surface area (Å²) < 4.78 is 0. The molecule has 5 heteroatoms. The number of nitrogens with zero attached hydrogens (tertiary/aromatic N) is 1. The second-order valence-corrected chi connectivity index (χ2v) is 4.09. The topological polar surface area (TPSA) is 49.4 Å². The monoisotopic (exact) mass is 248 g/mol. The maximum Gasteiger partial charge on any atom is 0.324 e. The van der Waals surface area contributed by atoms with Crippen LogP contribution in [0.3, 0.4) is 0 Å². The molecule has 74 valence electrons. The fourth-order valence-corrected chi connectivity index (χ4v) is 2.44. The number of alkyl halides is 1. The van der Waals surface area contributed by atoms with E-state index in [2.05, 4.69) is 21.2 Å². The zero-order valence-electron chi connectivity index (χ0n) is 7.71. The van der Waals surface area contributed by atoms with E-state index >= 15 is 0 Å². The van der Waals surface area contributed by atoms with Crippen molar-refractivity contribution in [1.29, 1.82) is 0 Å². The van der Waals surface area contributed by atoms with Gasteiger partial charge in [0.1, 0.15) is 6.54 Å². The van der Waals surface area contributed by atoms with Crippen molar-refractivity contribution in [2.45, 2.75) is 19.9 Å². The molecule has 0 bridgehead atoms.